The van der Waals surface area contributed by atoms with Crippen molar-refractivity contribution >= 4 is 17.6 Å². The van der Waals surface area contributed by atoms with Crippen LogP contribution in [0.2, 0.25) is 0 Å². The van der Waals surface area contributed by atoms with Gasteiger partial charge >= 0.3 is 0 Å². The minimum atomic E-state index is 0.00610. The quantitative estimate of drug-likeness (QED) is 0.430. The van der Waals surface area contributed by atoms with E-state index in [1.807, 2.05) is 30.3 Å². The molecular formula is C30H30N2O. The van der Waals surface area contributed by atoms with Gasteiger partial charge in [0.1, 0.15) is 0 Å². The number of carbonyl (C=O) groups excluding carboxylic acids is 1. The molecule has 0 unspecified atom stereocenters. The van der Waals surface area contributed by atoms with Gasteiger partial charge in [-0.2, -0.15) is 0 Å². The Kier molecular flexibility index (Phi) is 6.89. The molecule has 0 spiro atoms. The number of nitrogens with one attached hydrogen (secondary N) is 2. The molecule has 0 saturated heterocycles. The number of benzene rings is 3. The van der Waals surface area contributed by atoms with Gasteiger partial charge in [-0.3, -0.25) is 4.79 Å². The summed E-state index contributed by atoms with van der Waals surface area (Å²) in [5.41, 5.74) is 9.93. The van der Waals surface area contributed by atoms with Crippen LogP contribution in [0.5, 0.6) is 0 Å². The summed E-state index contributed by atoms with van der Waals surface area (Å²) in [7, 11) is 0. The lowest BCUT2D eigenvalue weighted by Gasteiger charge is -2.11. The van der Waals surface area contributed by atoms with E-state index < -0.39 is 0 Å². The molecule has 2 N–H and O–H groups in total. The number of aryl methyl sites for hydroxylation is 1. The number of carbonyl (C=O) groups is 1. The molecule has 0 aromatic heterocycles. The predicted octanol–water partition coefficient (Wildman–Crippen LogP) is 5.96. The van der Waals surface area contributed by atoms with Gasteiger partial charge in [-0.15, -0.1) is 0 Å². The standard InChI is InChI=1S/C30H30N2O/c1-21-8-4-7-11-29(21)22(2)16-23(3)31-19-24-12-14-25(15-13-24)20-32-30(33)28-17-26-9-5-6-10-27(26)18-28/h4-17,31H,2,18-20H2,1,3H3,(H,32,33)/b23-16+. The summed E-state index contributed by atoms with van der Waals surface area (Å²) in [5, 5.41) is 6.50. The first kappa shape index (κ1) is 22.3. The van der Waals surface area contributed by atoms with Crippen molar-refractivity contribution in [3.63, 3.8) is 0 Å². The number of fused-ring (bicyclic) bond motifs is 1. The Morgan fingerprint density at radius 2 is 1.55 bits per heavy atom. The average molecular weight is 435 g/mol. The third-order valence-electron chi connectivity index (χ3n) is 5.99. The van der Waals surface area contributed by atoms with Crippen LogP contribution in [0.4, 0.5) is 0 Å². The van der Waals surface area contributed by atoms with Gasteiger partial charge in [-0.05, 0) is 65.0 Å². The van der Waals surface area contributed by atoms with Crippen LogP contribution in [0.1, 0.15) is 40.3 Å². The maximum absolute atomic E-state index is 12.5. The Morgan fingerprint density at radius 3 is 2.24 bits per heavy atom. The third kappa shape index (κ3) is 5.69. The molecule has 0 atom stereocenters. The first-order valence-corrected chi connectivity index (χ1v) is 11.3. The summed E-state index contributed by atoms with van der Waals surface area (Å²) in [6, 6.07) is 24.8. The molecule has 0 radical (unpaired) electrons. The molecule has 0 fully saturated rings. The normalized spacial score (nSPS) is 12.7. The SMILES string of the molecule is C=C(/C=C(\C)NCc1ccc(CNC(=O)C2=Cc3ccccc3C2)cc1)c1ccccc1C. The van der Waals surface area contributed by atoms with Crippen LogP contribution in [0, 0.1) is 6.92 Å². The molecule has 0 saturated carbocycles. The number of hydrogen-bond acceptors (Lipinski definition) is 2. The van der Waals surface area contributed by atoms with Crippen molar-refractivity contribution in [2.45, 2.75) is 33.4 Å². The van der Waals surface area contributed by atoms with Crippen LogP contribution in [-0.4, -0.2) is 5.91 Å². The maximum atomic E-state index is 12.5. The Balaban J connectivity index is 1.26. The highest BCUT2D eigenvalue weighted by molar-refractivity contribution is 6.00. The average Bonchev–Trinajstić information content (AvgIpc) is 3.26. The van der Waals surface area contributed by atoms with E-state index in [0.29, 0.717) is 13.0 Å². The monoisotopic (exact) mass is 434 g/mol. The van der Waals surface area contributed by atoms with Crippen LogP contribution in [0.25, 0.3) is 11.6 Å². The van der Waals surface area contributed by atoms with Crippen molar-refractivity contribution < 1.29 is 4.79 Å². The molecule has 1 aliphatic carbocycles. The van der Waals surface area contributed by atoms with E-state index in [1.54, 1.807) is 0 Å². The Labute approximate surface area is 196 Å². The van der Waals surface area contributed by atoms with E-state index >= 15 is 0 Å². The zero-order valence-electron chi connectivity index (χ0n) is 19.3. The maximum Gasteiger partial charge on any atom is 0.247 e. The minimum absolute atomic E-state index is 0.00610. The van der Waals surface area contributed by atoms with Crippen LogP contribution >= 0.6 is 0 Å². The van der Waals surface area contributed by atoms with Gasteiger partial charge in [0, 0.05) is 30.8 Å². The van der Waals surface area contributed by atoms with Crippen molar-refractivity contribution in [2.75, 3.05) is 0 Å². The summed E-state index contributed by atoms with van der Waals surface area (Å²) >= 11 is 0. The second kappa shape index (κ2) is 10.2. The van der Waals surface area contributed by atoms with E-state index in [4.69, 9.17) is 0 Å². The summed E-state index contributed by atoms with van der Waals surface area (Å²) in [4.78, 5) is 12.5. The van der Waals surface area contributed by atoms with Crippen molar-refractivity contribution in [3.8, 4) is 0 Å². The first-order valence-electron chi connectivity index (χ1n) is 11.3. The van der Waals surface area contributed by atoms with E-state index in [1.165, 1.54) is 22.3 Å². The molecule has 166 valence electrons. The first-order chi connectivity index (χ1) is 16.0. The summed E-state index contributed by atoms with van der Waals surface area (Å²) < 4.78 is 0. The van der Waals surface area contributed by atoms with E-state index in [-0.39, 0.29) is 5.91 Å². The van der Waals surface area contributed by atoms with Gasteiger partial charge in [0.15, 0.2) is 0 Å². The Hall–Kier alpha value is -3.85. The van der Waals surface area contributed by atoms with E-state index in [9.17, 15) is 4.79 Å². The number of allylic oxidation sites excluding steroid dienone is 3. The van der Waals surface area contributed by atoms with Gasteiger partial charge in [-0.1, -0.05) is 79.4 Å². The fourth-order valence-electron chi connectivity index (χ4n) is 4.06. The summed E-state index contributed by atoms with van der Waals surface area (Å²) in [5.74, 6) is 0.00610. The third-order valence-corrected chi connectivity index (χ3v) is 5.99. The Bertz CT molecular complexity index is 1230. The number of hydrogen-bond donors (Lipinski definition) is 2. The minimum Gasteiger partial charge on any atom is -0.384 e. The highest BCUT2D eigenvalue weighted by atomic mass is 16.1. The van der Waals surface area contributed by atoms with Gasteiger partial charge in [0.05, 0.1) is 0 Å². The lowest BCUT2D eigenvalue weighted by atomic mass is 10.0. The van der Waals surface area contributed by atoms with Crippen LogP contribution < -0.4 is 10.6 Å². The molecule has 3 nitrogen and oxygen atoms in total. The smallest absolute Gasteiger partial charge is 0.247 e. The number of rotatable bonds is 8. The van der Waals surface area contributed by atoms with E-state index in [2.05, 4.69) is 85.7 Å². The summed E-state index contributed by atoms with van der Waals surface area (Å²) in [6.45, 7) is 9.63. The molecule has 0 bridgehead atoms. The van der Waals surface area contributed by atoms with Crippen LogP contribution in [-0.2, 0) is 24.3 Å². The highest BCUT2D eigenvalue weighted by Gasteiger charge is 2.17. The molecule has 3 aromatic rings. The molecule has 1 aliphatic rings. The Morgan fingerprint density at radius 1 is 0.909 bits per heavy atom. The molecular weight excluding hydrogens is 404 g/mol. The lowest BCUT2D eigenvalue weighted by molar-refractivity contribution is -0.117. The van der Waals surface area contributed by atoms with Crippen molar-refractivity contribution in [1.29, 1.82) is 0 Å². The van der Waals surface area contributed by atoms with Crippen molar-refractivity contribution in [1.82, 2.24) is 10.6 Å². The van der Waals surface area contributed by atoms with Gasteiger partial charge in [0.2, 0.25) is 5.91 Å². The molecule has 1 amide bonds. The second-order valence-electron chi connectivity index (χ2n) is 8.57. The highest BCUT2D eigenvalue weighted by Crippen LogP contribution is 2.24. The van der Waals surface area contributed by atoms with Crippen molar-refractivity contribution in [3.05, 3.63) is 130 Å². The zero-order chi connectivity index (χ0) is 23.2. The molecule has 0 aliphatic heterocycles. The number of amides is 1. The lowest BCUT2D eigenvalue weighted by Crippen LogP contribution is -2.24. The molecule has 33 heavy (non-hydrogen) atoms. The second-order valence-corrected chi connectivity index (χ2v) is 8.57. The van der Waals surface area contributed by atoms with Crippen LogP contribution in [0.15, 0.2) is 96.7 Å². The van der Waals surface area contributed by atoms with Crippen LogP contribution in [0.3, 0.4) is 0 Å². The molecule has 4 rings (SSSR count). The predicted molar refractivity (Wildman–Crippen MR) is 137 cm³/mol. The van der Waals surface area contributed by atoms with Gasteiger partial charge in [0.25, 0.3) is 0 Å². The molecule has 0 heterocycles. The molecule has 3 heteroatoms. The van der Waals surface area contributed by atoms with Gasteiger partial charge < -0.3 is 10.6 Å². The zero-order valence-corrected chi connectivity index (χ0v) is 19.3. The fourth-order valence-corrected chi connectivity index (χ4v) is 4.06. The molecule has 3 aromatic carbocycles. The van der Waals surface area contributed by atoms with Crippen molar-refractivity contribution in [2.24, 2.45) is 0 Å². The fraction of sp³-hybridized carbons (Fsp3) is 0.167. The topological polar surface area (TPSA) is 41.1 Å². The van der Waals surface area contributed by atoms with Gasteiger partial charge in [-0.25, -0.2) is 0 Å². The summed E-state index contributed by atoms with van der Waals surface area (Å²) in [6.07, 6.45) is 4.78. The largest absolute Gasteiger partial charge is 0.384 e. The van der Waals surface area contributed by atoms with E-state index in [0.717, 1.165) is 34.5 Å².